The maximum Gasteiger partial charge on any atom is 0.412 e. The summed E-state index contributed by atoms with van der Waals surface area (Å²) in [6, 6.07) is 0. The third-order valence-electron chi connectivity index (χ3n) is 0.909. The highest BCUT2D eigenvalue weighted by Gasteiger charge is 1.94. The minimum absolute atomic E-state index is 0.426. The largest absolute Gasteiger partial charge is 0.418 e. The molecular weight excluding hydrogens is 142 g/mol. The van der Waals surface area contributed by atoms with E-state index in [0.717, 1.165) is 6.42 Å². The van der Waals surface area contributed by atoms with Crippen molar-refractivity contribution in [2.24, 2.45) is 0 Å². The lowest BCUT2D eigenvalue weighted by atomic mass is 10.5. The lowest BCUT2D eigenvalue weighted by molar-refractivity contribution is 0.185. The molecule has 0 aromatic heterocycles. The normalized spacial score (nSPS) is 9.55. The first kappa shape index (κ1) is 9.75. The highest BCUT2D eigenvalue weighted by molar-refractivity contribution is 5.67. The van der Waals surface area contributed by atoms with Crippen LogP contribution in [0.3, 0.4) is 0 Å². The van der Waals surface area contributed by atoms with E-state index < -0.39 is 6.09 Å². The van der Waals surface area contributed by atoms with Gasteiger partial charge < -0.3 is 10.1 Å². The quantitative estimate of drug-likeness (QED) is 0.496. The van der Waals surface area contributed by atoms with Crippen LogP contribution in [0.2, 0.25) is 0 Å². The molecule has 0 aromatic rings. The second-order valence-electron chi connectivity index (χ2n) is 1.90. The zero-order valence-corrected chi connectivity index (χ0v) is 6.67. The lowest BCUT2D eigenvalue weighted by Crippen LogP contribution is -2.23. The van der Waals surface area contributed by atoms with Gasteiger partial charge in [0.2, 0.25) is 0 Å². The van der Waals surface area contributed by atoms with Gasteiger partial charge in [0.05, 0.1) is 6.26 Å². The zero-order valence-electron chi connectivity index (χ0n) is 6.67. The Kier molecular flexibility index (Phi) is 6.08. The molecule has 0 aliphatic heterocycles. The molecular formula is C8H13NO2. The number of alkyl carbamates (subject to hydrolysis) is 1. The van der Waals surface area contributed by atoms with Crippen LogP contribution in [0.5, 0.6) is 0 Å². The van der Waals surface area contributed by atoms with Gasteiger partial charge in [0, 0.05) is 6.54 Å². The van der Waals surface area contributed by atoms with E-state index >= 15 is 0 Å². The standard InChI is InChI=1S/C8H13NO2/c1-3-5-7-11-8(10)9-6-4-2/h3,5,7H,1,4,6H2,2H3,(H,9,10)/b7-5+. The fraction of sp³-hybridized carbons (Fsp3) is 0.375. The van der Waals surface area contributed by atoms with Crippen LogP contribution < -0.4 is 5.32 Å². The fourth-order valence-corrected chi connectivity index (χ4v) is 0.425. The van der Waals surface area contributed by atoms with E-state index in [1.54, 1.807) is 6.08 Å². The molecule has 0 atom stereocenters. The maximum absolute atomic E-state index is 10.7. The highest BCUT2D eigenvalue weighted by atomic mass is 16.5. The summed E-state index contributed by atoms with van der Waals surface area (Å²) in [7, 11) is 0. The number of ether oxygens (including phenoxy) is 1. The summed E-state index contributed by atoms with van der Waals surface area (Å²) in [6.45, 7) is 6.03. The molecule has 0 bridgehead atoms. The Bertz CT molecular complexity index is 152. The number of rotatable bonds is 4. The van der Waals surface area contributed by atoms with Gasteiger partial charge in [-0.25, -0.2) is 4.79 Å². The van der Waals surface area contributed by atoms with Crippen molar-refractivity contribution in [1.82, 2.24) is 5.32 Å². The van der Waals surface area contributed by atoms with E-state index in [9.17, 15) is 4.79 Å². The molecule has 0 fully saturated rings. The topological polar surface area (TPSA) is 38.3 Å². The van der Waals surface area contributed by atoms with Crippen molar-refractivity contribution < 1.29 is 9.53 Å². The van der Waals surface area contributed by atoms with E-state index in [1.165, 1.54) is 12.3 Å². The van der Waals surface area contributed by atoms with Gasteiger partial charge in [0.15, 0.2) is 0 Å². The molecule has 0 saturated heterocycles. The summed E-state index contributed by atoms with van der Waals surface area (Å²) in [5.74, 6) is 0. The number of allylic oxidation sites excluding steroid dienone is 2. The van der Waals surface area contributed by atoms with Crippen LogP contribution in [-0.4, -0.2) is 12.6 Å². The van der Waals surface area contributed by atoms with Gasteiger partial charge >= 0.3 is 6.09 Å². The van der Waals surface area contributed by atoms with Crippen molar-refractivity contribution in [3.05, 3.63) is 25.0 Å². The van der Waals surface area contributed by atoms with E-state index in [4.69, 9.17) is 0 Å². The van der Waals surface area contributed by atoms with E-state index in [0.29, 0.717) is 6.54 Å². The fourth-order valence-electron chi connectivity index (χ4n) is 0.425. The predicted octanol–water partition coefficient (Wildman–Crippen LogP) is 1.82. The van der Waals surface area contributed by atoms with Crippen molar-refractivity contribution in [3.8, 4) is 0 Å². The summed E-state index contributed by atoms with van der Waals surface area (Å²) in [5.41, 5.74) is 0. The first-order chi connectivity index (χ1) is 5.31. The van der Waals surface area contributed by atoms with Gasteiger partial charge in [-0.3, -0.25) is 0 Å². The average molecular weight is 155 g/mol. The molecule has 11 heavy (non-hydrogen) atoms. The molecule has 0 saturated carbocycles. The van der Waals surface area contributed by atoms with E-state index in [1.807, 2.05) is 6.92 Å². The number of carbonyl (C=O) groups excluding carboxylic acids is 1. The Morgan fingerprint density at radius 2 is 2.45 bits per heavy atom. The van der Waals surface area contributed by atoms with Gasteiger partial charge in [-0.15, -0.1) is 0 Å². The predicted molar refractivity (Wildman–Crippen MR) is 44.1 cm³/mol. The molecule has 0 radical (unpaired) electrons. The van der Waals surface area contributed by atoms with Crippen molar-refractivity contribution >= 4 is 6.09 Å². The summed E-state index contributed by atoms with van der Waals surface area (Å²) in [5, 5.41) is 2.54. The number of nitrogens with one attached hydrogen (secondary N) is 1. The Morgan fingerprint density at radius 1 is 1.73 bits per heavy atom. The van der Waals surface area contributed by atoms with Gasteiger partial charge in [0.25, 0.3) is 0 Å². The Balaban J connectivity index is 3.36. The van der Waals surface area contributed by atoms with Crippen LogP contribution in [0.25, 0.3) is 0 Å². The molecule has 0 aromatic carbocycles. The monoisotopic (exact) mass is 155 g/mol. The summed E-state index contributed by atoms with van der Waals surface area (Å²) in [6.07, 6.45) is 4.85. The van der Waals surface area contributed by atoms with Gasteiger partial charge in [-0.1, -0.05) is 19.6 Å². The molecule has 3 heteroatoms. The Labute approximate surface area is 66.7 Å². The summed E-state index contributed by atoms with van der Waals surface area (Å²) >= 11 is 0. The van der Waals surface area contributed by atoms with Crippen LogP contribution >= 0.6 is 0 Å². The van der Waals surface area contributed by atoms with E-state index in [-0.39, 0.29) is 0 Å². The lowest BCUT2D eigenvalue weighted by Gasteiger charge is -1.99. The van der Waals surface area contributed by atoms with Crippen molar-refractivity contribution in [2.45, 2.75) is 13.3 Å². The van der Waals surface area contributed by atoms with Crippen LogP contribution in [0.4, 0.5) is 4.79 Å². The molecule has 0 aliphatic carbocycles. The minimum Gasteiger partial charge on any atom is -0.418 e. The van der Waals surface area contributed by atoms with Crippen LogP contribution in [-0.2, 0) is 4.74 Å². The third kappa shape index (κ3) is 6.64. The van der Waals surface area contributed by atoms with Crippen LogP contribution in [0, 0.1) is 0 Å². The zero-order chi connectivity index (χ0) is 8.53. The van der Waals surface area contributed by atoms with Gasteiger partial charge in [0.1, 0.15) is 0 Å². The summed E-state index contributed by atoms with van der Waals surface area (Å²) in [4.78, 5) is 10.7. The molecule has 62 valence electrons. The first-order valence-electron chi connectivity index (χ1n) is 3.53. The number of hydrogen-bond acceptors (Lipinski definition) is 2. The molecule has 0 rings (SSSR count). The smallest absolute Gasteiger partial charge is 0.412 e. The molecule has 3 nitrogen and oxygen atoms in total. The molecule has 0 unspecified atom stereocenters. The number of hydrogen-bond donors (Lipinski definition) is 1. The molecule has 0 spiro atoms. The minimum atomic E-state index is -0.426. The Hall–Kier alpha value is -1.25. The Morgan fingerprint density at radius 3 is 3.00 bits per heavy atom. The van der Waals surface area contributed by atoms with Gasteiger partial charge in [-0.05, 0) is 12.5 Å². The van der Waals surface area contributed by atoms with Crippen LogP contribution in [0.1, 0.15) is 13.3 Å². The van der Waals surface area contributed by atoms with Crippen molar-refractivity contribution in [3.63, 3.8) is 0 Å². The number of carbonyl (C=O) groups is 1. The molecule has 0 heterocycles. The molecule has 1 amide bonds. The number of amides is 1. The first-order valence-corrected chi connectivity index (χ1v) is 3.53. The maximum atomic E-state index is 10.7. The third-order valence-corrected chi connectivity index (χ3v) is 0.909. The van der Waals surface area contributed by atoms with Crippen molar-refractivity contribution in [2.75, 3.05) is 6.54 Å². The van der Waals surface area contributed by atoms with Gasteiger partial charge in [-0.2, -0.15) is 0 Å². The van der Waals surface area contributed by atoms with E-state index in [2.05, 4.69) is 16.6 Å². The summed E-state index contributed by atoms with van der Waals surface area (Å²) < 4.78 is 4.58. The SMILES string of the molecule is C=C/C=C/OC(=O)NCCC. The van der Waals surface area contributed by atoms with Crippen molar-refractivity contribution in [1.29, 1.82) is 0 Å². The average Bonchev–Trinajstić information content (AvgIpc) is 2.01. The highest BCUT2D eigenvalue weighted by Crippen LogP contribution is 1.81. The molecule has 0 aliphatic rings. The second kappa shape index (κ2) is 6.86. The second-order valence-corrected chi connectivity index (χ2v) is 1.90. The van der Waals surface area contributed by atoms with Crippen LogP contribution in [0.15, 0.2) is 25.0 Å². The molecule has 1 N–H and O–H groups in total.